The zero-order valence-electron chi connectivity index (χ0n) is 12.4. The quantitative estimate of drug-likeness (QED) is 0.853. The van der Waals surface area contributed by atoms with E-state index in [0.717, 1.165) is 0 Å². The molecule has 0 aliphatic carbocycles. The van der Waals surface area contributed by atoms with E-state index < -0.39 is 10.0 Å². The summed E-state index contributed by atoms with van der Waals surface area (Å²) < 4.78 is 38.6. The summed E-state index contributed by atoms with van der Waals surface area (Å²) >= 11 is 3.29. The third-order valence-electron chi connectivity index (χ3n) is 3.08. The van der Waals surface area contributed by atoms with Crippen molar-refractivity contribution in [2.24, 2.45) is 0 Å². The number of benzene rings is 2. The minimum absolute atomic E-state index is 0.219. The topological polar surface area (TPSA) is 64.6 Å². The molecule has 2 rings (SSSR count). The van der Waals surface area contributed by atoms with E-state index in [1.54, 1.807) is 43.3 Å². The van der Waals surface area contributed by atoms with Gasteiger partial charge in [0.15, 0.2) is 11.5 Å². The number of aryl methyl sites for hydroxylation is 1. The molecule has 0 saturated heterocycles. The van der Waals surface area contributed by atoms with Crippen LogP contribution in [0.4, 0.5) is 5.69 Å². The number of ether oxygens (including phenoxy) is 2. The van der Waals surface area contributed by atoms with E-state index in [-0.39, 0.29) is 4.90 Å². The lowest BCUT2D eigenvalue weighted by molar-refractivity contribution is 0.355. The van der Waals surface area contributed by atoms with E-state index in [2.05, 4.69) is 20.7 Å². The van der Waals surface area contributed by atoms with E-state index in [0.29, 0.717) is 27.2 Å². The summed E-state index contributed by atoms with van der Waals surface area (Å²) in [5.41, 5.74) is 1.06. The highest BCUT2D eigenvalue weighted by Crippen LogP contribution is 2.31. The maximum atomic E-state index is 12.5. The third kappa shape index (κ3) is 3.53. The highest BCUT2D eigenvalue weighted by Gasteiger charge is 2.18. The van der Waals surface area contributed by atoms with Crippen molar-refractivity contribution in [2.75, 3.05) is 18.9 Å². The van der Waals surface area contributed by atoms with Crippen LogP contribution in [-0.4, -0.2) is 22.6 Å². The number of sulfonamides is 1. The molecule has 5 nitrogen and oxygen atoms in total. The molecule has 0 amide bonds. The average molecular weight is 386 g/mol. The summed E-state index contributed by atoms with van der Waals surface area (Å²) in [6.45, 7) is 1.75. The molecular formula is C15H16BrNO4S. The van der Waals surface area contributed by atoms with Gasteiger partial charge in [0.25, 0.3) is 10.0 Å². The van der Waals surface area contributed by atoms with Gasteiger partial charge in [0.05, 0.1) is 24.8 Å². The summed E-state index contributed by atoms with van der Waals surface area (Å²) in [6.07, 6.45) is 0. The first-order valence-corrected chi connectivity index (χ1v) is 8.66. The van der Waals surface area contributed by atoms with Crippen molar-refractivity contribution in [3.05, 3.63) is 46.4 Å². The van der Waals surface area contributed by atoms with Crippen molar-refractivity contribution in [1.82, 2.24) is 0 Å². The van der Waals surface area contributed by atoms with Crippen LogP contribution in [0.5, 0.6) is 11.5 Å². The normalized spacial score (nSPS) is 11.1. The van der Waals surface area contributed by atoms with Gasteiger partial charge >= 0.3 is 0 Å². The fourth-order valence-corrected chi connectivity index (χ4v) is 3.81. The van der Waals surface area contributed by atoms with Crippen LogP contribution in [0.2, 0.25) is 0 Å². The summed E-state index contributed by atoms with van der Waals surface area (Å²) in [4.78, 5) is 0.219. The predicted molar refractivity (Wildman–Crippen MR) is 89.2 cm³/mol. The first kappa shape index (κ1) is 16.6. The van der Waals surface area contributed by atoms with Crippen LogP contribution in [0.15, 0.2) is 45.8 Å². The largest absolute Gasteiger partial charge is 0.493 e. The summed E-state index contributed by atoms with van der Waals surface area (Å²) in [6, 6.07) is 9.94. The van der Waals surface area contributed by atoms with Gasteiger partial charge in [-0.3, -0.25) is 4.72 Å². The maximum absolute atomic E-state index is 12.5. The van der Waals surface area contributed by atoms with Gasteiger partial charge in [-0.1, -0.05) is 22.0 Å². The predicted octanol–water partition coefficient (Wildman–Crippen LogP) is 3.58. The highest BCUT2D eigenvalue weighted by molar-refractivity contribution is 9.10. The van der Waals surface area contributed by atoms with Crippen LogP contribution in [0.1, 0.15) is 5.56 Å². The first-order valence-electron chi connectivity index (χ1n) is 6.38. The second-order valence-corrected chi connectivity index (χ2v) is 7.15. The van der Waals surface area contributed by atoms with Gasteiger partial charge in [-0.15, -0.1) is 0 Å². The summed E-state index contributed by atoms with van der Waals surface area (Å²) in [5.74, 6) is 0.984. The van der Waals surface area contributed by atoms with Gasteiger partial charge < -0.3 is 9.47 Å². The van der Waals surface area contributed by atoms with Crippen molar-refractivity contribution >= 4 is 31.6 Å². The zero-order valence-corrected chi connectivity index (χ0v) is 14.8. The molecule has 118 valence electrons. The Morgan fingerprint density at radius 3 is 2.32 bits per heavy atom. The number of anilines is 1. The Morgan fingerprint density at radius 2 is 1.68 bits per heavy atom. The van der Waals surface area contributed by atoms with Gasteiger partial charge in [-0.2, -0.15) is 0 Å². The molecule has 2 aromatic carbocycles. The first-order chi connectivity index (χ1) is 10.4. The Bertz CT molecular complexity index is 790. The van der Waals surface area contributed by atoms with E-state index in [9.17, 15) is 8.42 Å². The smallest absolute Gasteiger partial charge is 0.262 e. The lowest BCUT2D eigenvalue weighted by atomic mass is 10.2. The fourth-order valence-electron chi connectivity index (χ4n) is 1.97. The standard InChI is InChI=1S/C15H16BrNO4S/c1-10-4-5-11(16)8-15(10)22(18,19)17-12-6-7-13(20-2)14(9-12)21-3/h4-9,17H,1-3H3. The Kier molecular flexibility index (Phi) is 4.97. The molecule has 0 aromatic heterocycles. The van der Waals surface area contributed by atoms with Crippen LogP contribution in [0.3, 0.4) is 0 Å². The average Bonchev–Trinajstić information content (AvgIpc) is 2.49. The van der Waals surface area contributed by atoms with Gasteiger partial charge in [-0.05, 0) is 36.8 Å². The van der Waals surface area contributed by atoms with E-state index in [4.69, 9.17) is 9.47 Å². The molecule has 0 spiro atoms. The molecule has 0 fully saturated rings. The minimum atomic E-state index is -3.69. The molecule has 0 atom stereocenters. The summed E-state index contributed by atoms with van der Waals surface area (Å²) in [5, 5.41) is 0. The van der Waals surface area contributed by atoms with Crippen LogP contribution >= 0.6 is 15.9 Å². The summed E-state index contributed by atoms with van der Waals surface area (Å²) in [7, 11) is -0.672. The molecule has 0 bridgehead atoms. The Morgan fingerprint density at radius 1 is 1.00 bits per heavy atom. The molecule has 1 N–H and O–H groups in total. The van der Waals surface area contributed by atoms with Crippen molar-refractivity contribution in [2.45, 2.75) is 11.8 Å². The van der Waals surface area contributed by atoms with E-state index in [1.807, 2.05) is 0 Å². The van der Waals surface area contributed by atoms with Crippen molar-refractivity contribution in [1.29, 1.82) is 0 Å². The molecule has 2 aromatic rings. The number of hydrogen-bond donors (Lipinski definition) is 1. The van der Waals surface area contributed by atoms with Crippen LogP contribution in [0.25, 0.3) is 0 Å². The maximum Gasteiger partial charge on any atom is 0.262 e. The number of rotatable bonds is 5. The van der Waals surface area contributed by atoms with Gasteiger partial charge in [0.2, 0.25) is 0 Å². The molecule has 22 heavy (non-hydrogen) atoms. The Hall–Kier alpha value is -1.73. The monoisotopic (exact) mass is 385 g/mol. The third-order valence-corrected chi connectivity index (χ3v) is 5.09. The van der Waals surface area contributed by atoms with Crippen molar-refractivity contribution in [3.8, 4) is 11.5 Å². The van der Waals surface area contributed by atoms with Gasteiger partial charge in [0, 0.05) is 10.5 Å². The lowest BCUT2D eigenvalue weighted by Crippen LogP contribution is -2.14. The van der Waals surface area contributed by atoms with Crippen LogP contribution in [0, 0.1) is 6.92 Å². The van der Waals surface area contributed by atoms with Gasteiger partial charge in [-0.25, -0.2) is 8.42 Å². The van der Waals surface area contributed by atoms with Crippen LogP contribution in [-0.2, 0) is 10.0 Å². The molecule has 0 unspecified atom stereocenters. The molecule has 0 aliphatic heterocycles. The molecule has 7 heteroatoms. The Balaban J connectivity index is 2.39. The van der Waals surface area contributed by atoms with E-state index in [1.165, 1.54) is 14.2 Å². The van der Waals surface area contributed by atoms with Crippen molar-refractivity contribution in [3.63, 3.8) is 0 Å². The molecule has 0 saturated carbocycles. The minimum Gasteiger partial charge on any atom is -0.493 e. The molecule has 0 heterocycles. The number of hydrogen-bond acceptors (Lipinski definition) is 4. The second-order valence-electron chi connectivity index (χ2n) is 4.59. The van der Waals surface area contributed by atoms with Gasteiger partial charge in [0.1, 0.15) is 0 Å². The SMILES string of the molecule is COc1ccc(NS(=O)(=O)c2cc(Br)ccc2C)cc1OC. The number of nitrogens with one attached hydrogen (secondary N) is 1. The number of methoxy groups -OCH3 is 2. The zero-order chi connectivity index (χ0) is 16.3. The highest BCUT2D eigenvalue weighted by atomic mass is 79.9. The van der Waals surface area contributed by atoms with E-state index >= 15 is 0 Å². The lowest BCUT2D eigenvalue weighted by Gasteiger charge is -2.13. The molecule has 0 radical (unpaired) electrons. The van der Waals surface area contributed by atoms with Crippen molar-refractivity contribution < 1.29 is 17.9 Å². The van der Waals surface area contributed by atoms with Crippen LogP contribution < -0.4 is 14.2 Å². The second kappa shape index (κ2) is 6.58. The molecular weight excluding hydrogens is 370 g/mol. The fraction of sp³-hybridized carbons (Fsp3) is 0.200. The Labute approximate surface area is 138 Å². The number of halogens is 1. The molecule has 0 aliphatic rings.